The van der Waals surface area contributed by atoms with Crippen LogP contribution in [-0.4, -0.2) is 24.5 Å². The highest BCUT2D eigenvalue weighted by molar-refractivity contribution is 5.99. The highest BCUT2D eigenvalue weighted by Crippen LogP contribution is 2.28. The standard InChI is InChI=1S/C14H16F2N2O/c1-8-6-11(16)13(7-10(8)15)18-5-4-12(14(18)19)17-9-2-3-9/h6-7,9,12,17H,2-5H2,1H3. The van der Waals surface area contributed by atoms with Crippen LogP contribution in [-0.2, 0) is 4.79 Å². The molecule has 3 nitrogen and oxygen atoms in total. The first-order valence-corrected chi connectivity index (χ1v) is 6.59. The van der Waals surface area contributed by atoms with Gasteiger partial charge in [-0.25, -0.2) is 8.78 Å². The van der Waals surface area contributed by atoms with E-state index in [4.69, 9.17) is 0 Å². The monoisotopic (exact) mass is 266 g/mol. The highest BCUT2D eigenvalue weighted by atomic mass is 19.1. The second kappa shape index (κ2) is 4.56. The molecule has 1 amide bonds. The van der Waals surface area contributed by atoms with Crippen molar-refractivity contribution in [2.75, 3.05) is 11.4 Å². The average molecular weight is 266 g/mol. The van der Waals surface area contributed by atoms with Crippen molar-refractivity contribution >= 4 is 11.6 Å². The fraction of sp³-hybridized carbons (Fsp3) is 0.500. The maximum atomic E-state index is 13.9. The number of carbonyl (C=O) groups excluding carboxylic acids is 1. The third kappa shape index (κ3) is 2.34. The van der Waals surface area contributed by atoms with Crippen LogP contribution in [0.15, 0.2) is 12.1 Å². The molecule has 1 atom stereocenters. The van der Waals surface area contributed by atoms with Crippen molar-refractivity contribution in [1.29, 1.82) is 0 Å². The van der Waals surface area contributed by atoms with Gasteiger partial charge in [-0.1, -0.05) is 0 Å². The number of nitrogens with one attached hydrogen (secondary N) is 1. The molecule has 3 rings (SSSR count). The number of benzene rings is 1. The molecule has 2 fully saturated rings. The van der Waals surface area contributed by atoms with Crippen molar-refractivity contribution in [1.82, 2.24) is 5.32 Å². The minimum Gasteiger partial charge on any atom is -0.308 e. The molecule has 0 radical (unpaired) electrons. The molecule has 1 unspecified atom stereocenters. The highest BCUT2D eigenvalue weighted by Gasteiger charge is 2.37. The van der Waals surface area contributed by atoms with Crippen LogP contribution in [0.3, 0.4) is 0 Å². The lowest BCUT2D eigenvalue weighted by molar-refractivity contribution is -0.118. The predicted octanol–water partition coefficient (Wildman–Crippen LogP) is 2.13. The first kappa shape index (κ1) is 12.5. The Morgan fingerprint density at radius 3 is 2.63 bits per heavy atom. The molecule has 1 N–H and O–H groups in total. The largest absolute Gasteiger partial charge is 0.308 e. The van der Waals surface area contributed by atoms with Gasteiger partial charge in [0.15, 0.2) is 0 Å². The number of aryl methyl sites for hydroxylation is 1. The lowest BCUT2D eigenvalue weighted by atomic mass is 10.2. The van der Waals surface area contributed by atoms with Crippen molar-refractivity contribution in [2.24, 2.45) is 0 Å². The van der Waals surface area contributed by atoms with Gasteiger partial charge in [0.1, 0.15) is 11.6 Å². The molecule has 5 heteroatoms. The minimum atomic E-state index is -0.542. The Kier molecular flexibility index (Phi) is 3.01. The third-order valence-electron chi connectivity index (χ3n) is 3.74. The van der Waals surface area contributed by atoms with Gasteiger partial charge in [0.05, 0.1) is 11.7 Å². The topological polar surface area (TPSA) is 32.3 Å². The van der Waals surface area contributed by atoms with Crippen molar-refractivity contribution in [3.63, 3.8) is 0 Å². The first-order chi connectivity index (χ1) is 9.06. The number of hydrogen-bond donors (Lipinski definition) is 1. The number of hydrogen-bond acceptors (Lipinski definition) is 2. The normalized spacial score (nSPS) is 23.2. The summed E-state index contributed by atoms with van der Waals surface area (Å²) in [5, 5.41) is 3.24. The smallest absolute Gasteiger partial charge is 0.244 e. The summed E-state index contributed by atoms with van der Waals surface area (Å²) >= 11 is 0. The Morgan fingerprint density at radius 1 is 1.21 bits per heavy atom. The number of amides is 1. The molecule has 1 aromatic carbocycles. The van der Waals surface area contributed by atoms with Crippen molar-refractivity contribution in [3.8, 4) is 0 Å². The van der Waals surface area contributed by atoms with Crippen LogP contribution in [0.2, 0.25) is 0 Å². The van der Waals surface area contributed by atoms with E-state index in [1.54, 1.807) is 0 Å². The van der Waals surface area contributed by atoms with Gasteiger partial charge in [-0.3, -0.25) is 4.79 Å². The van der Waals surface area contributed by atoms with Crippen LogP contribution >= 0.6 is 0 Å². The summed E-state index contributed by atoms with van der Waals surface area (Å²) in [5.41, 5.74) is 0.300. The maximum Gasteiger partial charge on any atom is 0.244 e. The van der Waals surface area contributed by atoms with E-state index in [1.165, 1.54) is 11.8 Å². The van der Waals surface area contributed by atoms with E-state index in [0.29, 0.717) is 19.0 Å². The van der Waals surface area contributed by atoms with E-state index in [9.17, 15) is 13.6 Å². The van der Waals surface area contributed by atoms with Gasteiger partial charge in [0.2, 0.25) is 5.91 Å². The molecule has 1 saturated carbocycles. The summed E-state index contributed by atoms with van der Waals surface area (Å²) in [5.74, 6) is -1.18. The van der Waals surface area contributed by atoms with Crippen molar-refractivity contribution in [2.45, 2.75) is 38.3 Å². The van der Waals surface area contributed by atoms with Crippen molar-refractivity contribution < 1.29 is 13.6 Å². The fourth-order valence-corrected chi connectivity index (χ4v) is 2.45. The Labute approximate surface area is 110 Å². The zero-order valence-corrected chi connectivity index (χ0v) is 10.7. The SMILES string of the molecule is Cc1cc(F)c(N2CCC(NC3CC3)C2=O)cc1F. The van der Waals surface area contributed by atoms with E-state index in [0.717, 1.165) is 25.0 Å². The summed E-state index contributed by atoms with van der Waals surface area (Å²) in [6, 6.07) is 2.42. The number of rotatable bonds is 3. The molecule has 1 heterocycles. The van der Waals surface area contributed by atoms with Gasteiger partial charge in [-0.2, -0.15) is 0 Å². The molecule has 1 aromatic rings. The molecule has 1 aliphatic heterocycles. The molecule has 19 heavy (non-hydrogen) atoms. The summed E-state index contributed by atoms with van der Waals surface area (Å²) < 4.78 is 27.4. The van der Waals surface area contributed by atoms with E-state index < -0.39 is 11.6 Å². The Hall–Kier alpha value is -1.49. The zero-order valence-electron chi connectivity index (χ0n) is 10.7. The Morgan fingerprint density at radius 2 is 1.95 bits per heavy atom. The number of nitrogens with zero attached hydrogens (tertiary/aromatic N) is 1. The van der Waals surface area contributed by atoms with Gasteiger partial charge >= 0.3 is 0 Å². The van der Waals surface area contributed by atoms with E-state index >= 15 is 0 Å². The van der Waals surface area contributed by atoms with Crippen LogP contribution in [0.4, 0.5) is 14.5 Å². The van der Waals surface area contributed by atoms with E-state index in [-0.39, 0.29) is 23.2 Å². The van der Waals surface area contributed by atoms with Crippen LogP contribution in [0.5, 0.6) is 0 Å². The second-order valence-electron chi connectivity index (χ2n) is 5.32. The Balaban J connectivity index is 1.82. The van der Waals surface area contributed by atoms with Gasteiger partial charge in [-0.15, -0.1) is 0 Å². The van der Waals surface area contributed by atoms with Gasteiger partial charge in [-0.05, 0) is 37.8 Å². The Bertz CT molecular complexity index is 528. The number of halogens is 2. The molecule has 0 spiro atoms. The van der Waals surface area contributed by atoms with Crippen LogP contribution < -0.4 is 10.2 Å². The van der Waals surface area contributed by atoms with E-state index in [1.807, 2.05) is 0 Å². The summed E-state index contributed by atoms with van der Waals surface area (Å²) in [6.45, 7) is 1.94. The number of carbonyl (C=O) groups is 1. The van der Waals surface area contributed by atoms with Gasteiger partial charge < -0.3 is 10.2 Å². The minimum absolute atomic E-state index is 0.0493. The maximum absolute atomic E-state index is 13.9. The average Bonchev–Trinajstić information content (AvgIpc) is 3.10. The predicted molar refractivity (Wildman–Crippen MR) is 68.0 cm³/mol. The molecule has 102 valence electrons. The number of anilines is 1. The third-order valence-corrected chi connectivity index (χ3v) is 3.74. The van der Waals surface area contributed by atoms with Gasteiger partial charge in [0.25, 0.3) is 0 Å². The molecule has 1 aliphatic carbocycles. The van der Waals surface area contributed by atoms with Crippen LogP contribution in [0.25, 0.3) is 0 Å². The quantitative estimate of drug-likeness (QED) is 0.909. The van der Waals surface area contributed by atoms with Crippen molar-refractivity contribution in [3.05, 3.63) is 29.3 Å². The zero-order chi connectivity index (χ0) is 13.6. The molecular weight excluding hydrogens is 250 g/mol. The molecule has 2 aliphatic rings. The van der Waals surface area contributed by atoms with Crippen LogP contribution in [0, 0.1) is 18.6 Å². The second-order valence-corrected chi connectivity index (χ2v) is 5.32. The first-order valence-electron chi connectivity index (χ1n) is 6.59. The van der Waals surface area contributed by atoms with Crippen LogP contribution in [0.1, 0.15) is 24.8 Å². The lowest BCUT2D eigenvalue weighted by Crippen LogP contribution is -2.39. The van der Waals surface area contributed by atoms with Gasteiger partial charge in [0, 0.05) is 18.7 Å². The lowest BCUT2D eigenvalue weighted by Gasteiger charge is -2.18. The summed E-state index contributed by atoms with van der Waals surface area (Å²) in [4.78, 5) is 13.5. The molecule has 0 aromatic heterocycles. The summed E-state index contributed by atoms with van der Waals surface area (Å²) in [7, 11) is 0. The van der Waals surface area contributed by atoms with E-state index in [2.05, 4.69) is 5.32 Å². The fourth-order valence-electron chi connectivity index (χ4n) is 2.45. The summed E-state index contributed by atoms with van der Waals surface area (Å²) in [6.07, 6.45) is 2.83. The molecular formula is C14H16F2N2O. The molecule has 1 saturated heterocycles. The molecule has 0 bridgehead atoms.